The van der Waals surface area contributed by atoms with E-state index in [9.17, 15) is 4.79 Å². The van der Waals surface area contributed by atoms with Crippen molar-refractivity contribution in [3.8, 4) is 0 Å². The maximum atomic E-state index is 13.0. The van der Waals surface area contributed by atoms with E-state index in [1.54, 1.807) is 30.5 Å². The Morgan fingerprint density at radius 3 is 2.43 bits per heavy atom. The van der Waals surface area contributed by atoms with Gasteiger partial charge in [-0.05, 0) is 28.6 Å². The van der Waals surface area contributed by atoms with Crippen molar-refractivity contribution in [1.29, 1.82) is 0 Å². The van der Waals surface area contributed by atoms with Gasteiger partial charge in [-0.2, -0.15) is 0 Å². The number of carbonyl (C=O) groups excluding carboxylic acids is 1. The molecular weight excluding hydrogens is 288 g/mol. The number of pyridine rings is 1. The molecule has 1 aromatic heterocycles. The lowest BCUT2D eigenvalue weighted by atomic mass is 9.84. The standard InChI is InChI=1S/C18H10N4O/c19-22-21-17-12-7-3-5-11-6-4-8-13(15(11)12)18(23)16(17)14-9-1-2-10-20-14/h1-10H. The molecule has 5 nitrogen and oxygen atoms in total. The van der Waals surface area contributed by atoms with Crippen molar-refractivity contribution in [2.75, 3.05) is 0 Å². The summed E-state index contributed by atoms with van der Waals surface area (Å²) in [7, 11) is 0. The lowest BCUT2D eigenvalue weighted by Gasteiger charge is -2.20. The normalized spacial score (nSPS) is 13.1. The van der Waals surface area contributed by atoms with Gasteiger partial charge in [0.1, 0.15) is 0 Å². The van der Waals surface area contributed by atoms with Crippen molar-refractivity contribution in [1.82, 2.24) is 4.98 Å². The summed E-state index contributed by atoms with van der Waals surface area (Å²) in [5.74, 6) is -0.171. The Balaban J connectivity index is 2.17. The fourth-order valence-electron chi connectivity index (χ4n) is 3.00. The Morgan fingerprint density at radius 1 is 0.957 bits per heavy atom. The predicted molar refractivity (Wildman–Crippen MR) is 88.5 cm³/mol. The molecule has 1 heterocycles. The van der Waals surface area contributed by atoms with Crippen molar-refractivity contribution in [2.45, 2.75) is 0 Å². The van der Waals surface area contributed by atoms with Gasteiger partial charge in [-0.1, -0.05) is 47.6 Å². The highest BCUT2D eigenvalue weighted by Crippen LogP contribution is 2.40. The molecule has 0 radical (unpaired) electrons. The monoisotopic (exact) mass is 298 g/mol. The third-order valence-electron chi connectivity index (χ3n) is 3.93. The van der Waals surface area contributed by atoms with Crippen LogP contribution in [0.5, 0.6) is 0 Å². The van der Waals surface area contributed by atoms with Gasteiger partial charge in [-0.3, -0.25) is 9.78 Å². The number of hydrogen-bond acceptors (Lipinski definition) is 3. The average Bonchev–Trinajstić information content (AvgIpc) is 2.60. The van der Waals surface area contributed by atoms with E-state index in [1.807, 2.05) is 30.3 Å². The third-order valence-corrected chi connectivity index (χ3v) is 3.93. The highest BCUT2D eigenvalue weighted by molar-refractivity contribution is 6.40. The number of carbonyl (C=O) groups is 1. The minimum Gasteiger partial charge on any atom is -0.288 e. The van der Waals surface area contributed by atoms with Gasteiger partial charge in [0.25, 0.3) is 0 Å². The SMILES string of the molecule is [N-]=[N+]=NC1=C(c2ccccn2)C(=O)c2cccc3cccc1c23. The fourth-order valence-corrected chi connectivity index (χ4v) is 3.00. The zero-order chi connectivity index (χ0) is 15.8. The first-order valence-electron chi connectivity index (χ1n) is 7.09. The molecule has 4 rings (SSSR count). The first-order chi connectivity index (χ1) is 11.3. The number of Topliss-reactive ketones (excluding diaryl/α,β-unsaturated/α-hetero) is 1. The molecule has 5 heteroatoms. The summed E-state index contributed by atoms with van der Waals surface area (Å²) in [6, 6.07) is 16.6. The Kier molecular flexibility index (Phi) is 2.93. The van der Waals surface area contributed by atoms with Gasteiger partial charge in [-0.15, -0.1) is 0 Å². The van der Waals surface area contributed by atoms with E-state index in [1.165, 1.54) is 0 Å². The first kappa shape index (κ1) is 13.2. The topological polar surface area (TPSA) is 78.7 Å². The maximum absolute atomic E-state index is 13.0. The molecule has 0 spiro atoms. The van der Waals surface area contributed by atoms with Crippen LogP contribution < -0.4 is 0 Å². The number of nitrogens with zero attached hydrogens (tertiary/aromatic N) is 4. The van der Waals surface area contributed by atoms with Crippen molar-refractivity contribution < 1.29 is 4.79 Å². The molecule has 0 atom stereocenters. The van der Waals surface area contributed by atoms with Gasteiger partial charge in [0, 0.05) is 22.1 Å². The third kappa shape index (κ3) is 1.92. The van der Waals surface area contributed by atoms with Gasteiger partial charge in [0.15, 0.2) is 5.78 Å². The summed E-state index contributed by atoms with van der Waals surface area (Å²) >= 11 is 0. The maximum Gasteiger partial charge on any atom is 0.196 e. The van der Waals surface area contributed by atoms with Crippen LogP contribution in [0.2, 0.25) is 0 Å². The Hall–Kier alpha value is -3.43. The highest BCUT2D eigenvalue weighted by atomic mass is 16.1. The van der Waals surface area contributed by atoms with Crippen LogP contribution in [0.1, 0.15) is 21.6 Å². The van der Waals surface area contributed by atoms with Crippen LogP contribution in [0, 0.1) is 0 Å². The molecule has 0 N–H and O–H groups in total. The minimum atomic E-state index is -0.171. The van der Waals surface area contributed by atoms with E-state index in [2.05, 4.69) is 15.0 Å². The van der Waals surface area contributed by atoms with Crippen LogP contribution in [0.3, 0.4) is 0 Å². The second kappa shape index (κ2) is 5.09. The molecule has 108 valence electrons. The number of benzene rings is 2. The molecule has 1 aliphatic rings. The van der Waals surface area contributed by atoms with Gasteiger partial charge in [0.2, 0.25) is 0 Å². The number of allylic oxidation sites excluding steroid dienone is 1. The lowest BCUT2D eigenvalue weighted by Crippen LogP contribution is -2.12. The van der Waals surface area contributed by atoms with Gasteiger partial charge < -0.3 is 0 Å². The largest absolute Gasteiger partial charge is 0.288 e. The van der Waals surface area contributed by atoms with Crippen molar-refractivity contribution in [3.05, 3.63) is 88.1 Å². The smallest absolute Gasteiger partial charge is 0.196 e. The second-order valence-electron chi connectivity index (χ2n) is 5.17. The van der Waals surface area contributed by atoms with Crippen LogP contribution in [-0.2, 0) is 0 Å². The van der Waals surface area contributed by atoms with E-state index in [0.29, 0.717) is 22.5 Å². The Bertz CT molecular complexity index is 1030. The number of ketones is 1. The molecule has 23 heavy (non-hydrogen) atoms. The minimum absolute atomic E-state index is 0.171. The molecule has 0 aliphatic heterocycles. The second-order valence-corrected chi connectivity index (χ2v) is 5.17. The van der Waals surface area contributed by atoms with Crippen molar-refractivity contribution in [3.63, 3.8) is 0 Å². The Labute approximate surface area is 131 Å². The number of hydrogen-bond donors (Lipinski definition) is 0. The van der Waals surface area contributed by atoms with E-state index in [-0.39, 0.29) is 5.78 Å². The molecule has 0 bridgehead atoms. The number of azide groups is 1. The van der Waals surface area contributed by atoms with Gasteiger partial charge in [0.05, 0.1) is 17.0 Å². The van der Waals surface area contributed by atoms with E-state index in [4.69, 9.17) is 5.53 Å². The predicted octanol–water partition coefficient (Wildman–Crippen LogP) is 4.61. The first-order valence-corrected chi connectivity index (χ1v) is 7.09. The molecule has 3 aromatic rings. The quantitative estimate of drug-likeness (QED) is 0.393. The summed E-state index contributed by atoms with van der Waals surface area (Å²) in [6.07, 6.45) is 1.62. The van der Waals surface area contributed by atoms with Crippen LogP contribution in [0.4, 0.5) is 0 Å². The van der Waals surface area contributed by atoms with E-state index >= 15 is 0 Å². The molecule has 0 saturated heterocycles. The number of aromatic nitrogens is 1. The summed E-state index contributed by atoms with van der Waals surface area (Å²) in [6.45, 7) is 0. The zero-order valence-electron chi connectivity index (χ0n) is 12.0. The molecule has 0 unspecified atom stereocenters. The van der Waals surface area contributed by atoms with Crippen LogP contribution >= 0.6 is 0 Å². The average molecular weight is 298 g/mol. The molecule has 0 saturated carbocycles. The van der Waals surface area contributed by atoms with Crippen LogP contribution in [0.15, 0.2) is 65.9 Å². The van der Waals surface area contributed by atoms with Gasteiger partial charge >= 0.3 is 0 Å². The summed E-state index contributed by atoms with van der Waals surface area (Å²) in [5, 5.41) is 5.58. The Morgan fingerprint density at radius 2 is 1.74 bits per heavy atom. The van der Waals surface area contributed by atoms with Crippen LogP contribution in [0.25, 0.3) is 32.5 Å². The van der Waals surface area contributed by atoms with Crippen molar-refractivity contribution in [2.24, 2.45) is 5.11 Å². The molecule has 1 aliphatic carbocycles. The van der Waals surface area contributed by atoms with Crippen LogP contribution in [-0.4, -0.2) is 10.8 Å². The molecule has 0 amide bonds. The number of rotatable bonds is 2. The molecule has 0 fully saturated rings. The highest BCUT2D eigenvalue weighted by Gasteiger charge is 2.28. The van der Waals surface area contributed by atoms with Crippen molar-refractivity contribution >= 4 is 27.8 Å². The lowest BCUT2D eigenvalue weighted by molar-refractivity contribution is 0.105. The summed E-state index contributed by atoms with van der Waals surface area (Å²) in [5.41, 5.74) is 11.5. The zero-order valence-corrected chi connectivity index (χ0v) is 12.0. The fraction of sp³-hybridized carbons (Fsp3) is 0. The van der Waals surface area contributed by atoms with E-state index in [0.717, 1.165) is 16.3 Å². The van der Waals surface area contributed by atoms with Gasteiger partial charge in [-0.25, -0.2) is 0 Å². The van der Waals surface area contributed by atoms with E-state index < -0.39 is 0 Å². The molecule has 2 aromatic carbocycles. The molecular formula is C18H10N4O. The summed E-state index contributed by atoms with van der Waals surface area (Å²) in [4.78, 5) is 20.2. The summed E-state index contributed by atoms with van der Waals surface area (Å²) < 4.78 is 0.